The standard InChI is InChI=1S/C12H17ClN2OS.ClH/c1-2-15(8-9-4-5-10(13)17-9)11(16)12(14)6-3-7-12;/h4-5H,2-3,6-8,14H2,1H3;1H. The molecular weight excluding hydrogens is 291 g/mol. The molecule has 0 radical (unpaired) electrons. The van der Waals surface area contributed by atoms with E-state index in [-0.39, 0.29) is 18.3 Å². The molecule has 1 fully saturated rings. The predicted octanol–water partition coefficient (Wildman–Crippen LogP) is 3.05. The number of thiophene rings is 1. The van der Waals surface area contributed by atoms with Gasteiger partial charge in [-0.1, -0.05) is 11.6 Å². The molecule has 0 saturated heterocycles. The molecule has 3 nitrogen and oxygen atoms in total. The largest absolute Gasteiger partial charge is 0.336 e. The maximum absolute atomic E-state index is 12.3. The fraction of sp³-hybridized carbons (Fsp3) is 0.583. The first kappa shape index (κ1) is 15.8. The smallest absolute Gasteiger partial charge is 0.242 e. The van der Waals surface area contributed by atoms with Crippen molar-refractivity contribution in [2.75, 3.05) is 6.54 Å². The highest BCUT2D eigenvalue weighted by atomic mass is 35.5. The molecule has 0 aromatic carbocycles. The molecule has 0 unspecified atom stereocenters. The molecule has 1 amide bonds. The summed E-state index contributed by atoms with van der Waals surface area (Å²) in [6.45, 7) is 3.29. The van der Waals surface area contributed by atoms with Crippen molar-refractivity contribution in [3.63, 3.8) is 0 Å². The van der Waals surface area contributed by atoms with E-state index < -0.39 is 5.54 Å². The zero-order chi connectivity index (χ0) is 12.5. The molecule has 18 heavy (non-hydrogen) atoms. The van der Waals surface area contributed by atoms with Crippen molar-refractivity contribution < 1.29 is 4.79 Å². The van der Waals surface area contributed by atoms with Gasteiger partial charge >= 0.3 is 0 Å². The van der Waals surface area contributed by atoms with E-state index in [0.29, 0.717) is 13.1 Å². The van der Waals surface area contributed by atoms with Crippen LogP contribution >= 0.6 is 35.3 Å². The average molecular weight is 309 g/mol. The minimum atomic E-state index is -0.600. The first-order valence-electron chi connectivity index (χ1n) is 5.87. The van der Waals surface area contributed by atoms with E-state index in [0.717, 1.165) is 28.5 Å². The number of rotatable bonds is 4. The Morgan fingerprint density at radius 1 is 1.56 bits per heavy atom. The van der Waals surface area contributed by atoms with Crippen LogP contribution in [0, 0.1) is 0 Å². The summed E-state index contributed by atoms with van der Waals surface area (Å²) in [6.07, 6.45) is 2.69. The van der Waals surface area contributed by atoms with Gasteiger partial charge in [-0.25, -0.2) is 0 Å². The Morgan fingerprint density at radius 3 is 2.61 bits per heavy atom. The third-order valence-electron chi connectivity index (χ3n) is 3.32. The lowest BCUT2D eigenvalue weighted by Crippen LogP contribution is -2.59. The number of carbonyl (C=O) groups excluding carboxylic acids is 1. The van der Waals surface area contributed by atoms with Gasteiger partial charge in [0.15, 0.2) is 0 Å². The second-order valence-corrected chi connectivity index (χ2v) is 6.33. The van der Waals surface area contributed by atoms with Crippen molar-refractivity contribution in [3.8, 4) is 0 Å². The van der Waals surface area contributed by atoms with Crippen LogP contribution in [0.5, 0.6) is 0 Å². The summed E-state index contributed by atoms with van der Waals surface area (Å²) in [5.74, 6) is 0.0794. The number of amides is 1. The van der Waals surface area contributed by atoms with Crippen molar-refractivity contribution in [3.05, 3.63) is 21.3 Å². The number of hydrogen-bond donors (Lipinski definition) is 1. The Bertz CT molecular complexity index is 418. The fourth-order valence-electron chi connectivity index (χ4n) is 2.04. The molecule has 1 aliphatic rings. The molecule has 0 atom stereocenters. The Labute approximate surface area is 123 Å². The molecule has 2 N–H and O–H groups in total. The third-order valence-corrected chi connectivity index (χ3v) is 4.53. The monoisotopic (exact) mass is 308 g/mol. The average Bonchev–Trinajstić information content (AvgIpc) is 2.67. The summed E-state index contributed by atoms with van der Waals surface area (Å²) in [5, 5.41) is 0. The van der Waals surface area contributed by atoms with Crippen LogP contribution in [0.1, 0.15) is 31.1 Å². The van der Waals surface area contributed by atoms with Gasteiger partial charge in [-0.05, 0) is 38.3 Å². The van der Waals surface area contributed by atoms with Gasteiger partial charge in [0.2, 0.25) is 5.91 Å². The number of likely N-dealkylation sites (N-methyl/N-ethyl adjacent to an activating group) is 1. The van der Waals surface area contributed by atoms with E-state index >= 15 is 0 Å². The van der Waals surface area contributed by atoms with Gasteiger partial charge in [-0.3, -0.25) is 4.79 Å². The molecule has 0 spiro atoms. The first-order chi connectivity index (χ1) is 8.05. The van der Waals surface area contributed by atoms with E-state index in [2.05, 4.69) is 0 Å². The van der Waals surface area contributed by atoms with Gasteiger partial charge in [0, 0.05) is 11.4 Å². The van der Waals surface area contributed by atoms with Crippen LogP contribution in [-0.2, 0) is 11.3 Å². The highest BCUT2D eigenvalue weighted by molar-refractivity contribution is 7.16. The lowest BCUT2D eigenvalue weighted by atomic mass is 9.76. The second kappa shape index (κ2) is 6.24. The topological polar surface area (TPSA) is 46.3 Å². The van der Waals surface area contributed by atoms with Crippen molar-refractivity contribution in [1.82, 2.24) is 4.90 Å². The second-order valence-electron chi connectivity index (χ2n) is 4.53. The van der Waals surface area contributed by atoms with E-state index in [4.69, 9.17) is 17.3 Å². The summed E-state index contributed by atoms with van der Waals surface area (Å²) >= 11 is 7.40. The molecule has 2 rings (SSSR count). The van der Waals surface area contributed by atoms with E-state index in [9.17, 15) is 4.79 Å². The quantitative estimate of drug-likeness (QED) is 0.929. The fourth-order valence-corrected chi connectivity index (χ4v) is 3.14. The van der Waals surface area contributed by atoms with Crippen LogP contribution < -0.4 is 5.73 Å². The molecule has 0 aliphatic heterocycles. The highest BCUT2D eigenvalue weighted by Gasteiger charge is 2.42. The van der Waals surface area contributed by atoms with Gasteiger partial charge in [0.25, 0.3) is 0 Å². The lowest BCUT2D eigenvalue weighted by molar-refractivity contribution is -0.140. The van der Waals surface area contributed by atoms with Gasteiger partial charge in [0.05, 0.1) is 16.4 Å². The molecule has 1 aromatic rings. The Hall–Kier alpha value is -0.290. The third kappa shape index (κ3) is 3.18. The Morgan fingerprint density at radius 2 is 2.22 bits per heavy atom. The van der Waals surface area contributed by atoms with Crippen molar-refractivity contribution in [1.29, 1.82) is 0 Å². The van der Waals surface area contributed by atoms with E-state index in [1.807, 2.05) is 24.0 Å². The SMILES string of the molecule is CCN(Cc1ccc(Cl)s1)C(=O)C1(N)CCC1.Cl. The summed E-state index contributed by atoms with van der Waals surface area (Å²) in [5.41, 5.74) is 5.47. The molecule has 1 aliphatic carbocycles. The van der Waals surface area contributed by atoms with E-state index in [1.165, 1.54) is 11.3 Å². The minimum Gasteiger partial charge on any atom is -0.336 e. The number of halogens is 2. The van der Waals surface area contributed by atoms with E-state index in [1.54, 1.807) is 0 Å². The number of carbonyl (C=O) groups is 1. The van der Waals surface area contributed by atoms with Crippen LogP contribution in [0.25, 0.3) is 0 Å². The van der Waals surface area contributed by atoms with Gasteiger partial charge in [0.1, 0.15) is 0 Å². The van der Waals surface area contributed by atoms with Gasteiger partial charge < -0.3 is 10.6 Å². The van der Waals surface area contributed by atoms with Crippen molar-refractivity contribution >= 4 is 41.3 Å². The van der Waals surface area contributed by atoms with Crippen LogP contribution in [0.15, 0.2) is 12.1 Å². The molecule has 0 bridgehead atoms. The van der Waals surface area contributed by atoms with Crippen LogP contribution in [0.4, 0.5) is 0 Å². The van der Waals surface area contributed by atoms with Crippen molar-refractivity contribution in [2.45, 2.75) is 38.3 Å². The summed E-state index contributed by atoms with van der Waals surface area (Å²) < 4.78 is 0.759. The normalized spacial score (nSPS) is 16.6. The van der Waals surface area contributed by atoms with Crippen LogP contribution in [0.2, 0.25) is 4.34 Å². The molecule has 102 valence electrons. The molecule has 1 aromatic heterocycles. The minimum absolute atomic E-state index is 0. The van der Waals surface area contributed by atoms with Gasteiger partial charge in [-0.2, -0.15) is 0 Å². The highest BCUT2D eigenvalue weighted by Crippen LogP contribution is 2.32. The molecule has 1 heterocycles. The predicted molar refractivity (Wildman–Crippen MR) is 78.4 cm³/mol. The number of nitrogens with two attached hydrogens (primary N) is 1. The van der Waals surface area contributed by atoms with Gasteiger partial charge in [-0.15, -0.1) is 23.7 Å². The maximum atomic E-state index is 12.3. The summed E-state index contributed by atoms with van der Waals surface area (Å²) in [6, 6.07) is 3.83. The Kier molecular flexibility index (Phi) is 5.46. The zero-order valence-corrected chi connectivity index (χ0v) is 12.7. The first-order valence-corrected chi connectivity index (χ1v) is 7.07. The zero-order valence-electron chi connectivity index (χ0n) is 10.3. The lowest BCUT2D eigenvalue weighted by Gasteiger charge is -2.40. The van der Waals surface area contributed by atoms with Crippen LogP contribution in [0.3, 0.4) is 0 Å². The molecular formula is C12H18Cl2N2OS. The number of hydrogen-bond acceptors (Lipinski definition) is 3. The maximum Gasteiger partial charge on any atom is 0.242 e. The van der Waals surface area contributed by atoms with Crippen molar-refractivity contribution in [2.24, 2.45) is 5.73 Å². The summed E-state index contributed by atoms with van der Waals surface area (Å²) in [4.78, 5) is 15.2. The van der Waals surface area contributed by atoms with Crippen LogP contribution in [-0.4, -0.2) is 22.9 Å². The molecule has 6 heteroatoms. The Balaban J connectivity index is 0.00000162. The summed E-state index contributed by atoms with van der Waals surface area (Å²) in [7, 11) is 0. The number of nitrogens with zero attached hydrogens (tertiary/aromatic N) is 1. The molecule has 1 saturated carbocycles.